The minimum absolute atomic E-state index is 0.0704. The number of halogens is 4. The van der Waals surface area contributed by atoms with E-state index < -0.39 is 17.6 Å². The van der Waals surface area contributed by atoms with Crippen molar-refractivity contribution in [2.75, 3.05) is 31.1 Å². The summed E-state index contributed by atoms with van der Waals surface area (Å²) in [5, 5.41) is 3.04. The summed E-state index contributed by atoms with van der Waals surface area (Å²) < 4.78 is 51.7. The number of nitrogens with one attached hydrogen (secondary N) is 1. The second-order valence-corrected chi connectivity index (χ2v) is 3.87. The molecular weight excluding hydrogens is 236 g/mol. The maximum Gasteiger partial charge on any atom is 0.421 e. The maximum absolute atomic E-state index is 13.3. The second-order valence-electron chi connectivity index (χ2n) is 3.87. The number of alkyl halides is 3. The van der Waals surface area contributed by atoms with Gasteiger partial charge in [-0.15, -0.1) is 0 Å². The number of hydrogen-bond donors (Lipinski definition) is 1. The van der Waals surface area contributed by atoms with Gasteiger partial charge in [0.25, 0.3) is 0 Å². The molecule has 0 spiro atoms. The predicted octanol–water partition coefficient (Wildman–Crippen LogP) is 2.25. The summed E-state index contributed by atoms with van der Waals surface area (Å²) in [6, 6.07) is 3.47. The molecule has 1 aliphatic heterocycles. The summed E-state index contributed by atoms with van der Waals surface area (Å²) in [7, 11) is 0. The summed E-state index contributed by atoms with van der Waals surface area (Å²) in [6.45, 7) is 2.11. The van der Waals surface area contributed by atoms with Crippen LogP contribution < -0.4 is 10.2 Å². The van der Waals surface area contributed by atoms with E-state index in [1.807, 2.05) is 0 Å². The van der Waals surface area contributed by atoms with Crippen molar-refractivity contribution in [2.45, 2.75) is 6.18 Å². The molecule has 2 nitrogen and oxygen atoms in total. The third-order valence-electron chi connectivity index (χ3n) is 2.73. The number of hydrogen-bond acceptors (Lipinski definition) is 2. The average molecular weight is 248 g/mol. The van der Waals surface area contributed by atoms with Gasteiger partial charge in [-0.2, -0.15) is 13.2 Å². The Kier molecular flexibility index (Phi) is 3.24. The van der Waals surface area contributed by atoms with Crippen LogP contribution >= 0.6 is 0 Å². The van der Waals surface area contributed by atoms with Crippen molar-refractivity contribution in [1.82, 2.24) is 5.32 Å². The van der Waals surface area contributed by atoms with Gasteiger partial charge in [0.05, 0.1) is 5.69 Å². The third-order valence-corrected chi connectivity index (χ3v) is 2.73. The first kappa shape index (κ1) is 12.2. The molecule has 1 fully saturated rings. The van der Waals surface area contributed by atoms with Gasteiger partial charge in [0.2, 0.25) is 0 Å². The first-order valence-electron chi connectivity index (χ1n) is 5.31. The lowest BCUT2D eigenvalue weighted by Crippen LogP contribution is -2.44. The molecule has 6 heteroatoms. The SMILES string of the molecule is Fc1cccc(N2CCNCC2)c1C(F)(F)F. The summed E-state index contributed by atoms with van der Waals surface area (Å²) in [4.78, 5) is 1.56. The molecule has 0 aromatic heterocycles. The number of anilines is 1. The van der Waals surface area contributed by atoms with Crippen molar-refractivity contribution < 1.29 is 17.6 Å². The molecule has 0 atom stereocenters. The lowest BCUT2D eigenvalue weighted by atomic mass is 10.1. The molecule has 1 aromatic rings. The van der Waals surface area contributed by atoms with E-state index in [1.54, 1.807) is 4.90 Å². The van der Waals surface area contributed by atoms with E-state index in [1.165, 1.54) is 12.1 Å². The fraction of sp³-hybridized carbons (Fsp3) is 0.455. The standard InChI is InChI=1S/C11H12F4N2/c12-8-2-1-3-9(10(8)11(13,14)15)17-6-4-16-5-7-17/h1-3,16H,4-7H2. The van der Waals surface area contributed by atoms with Crippen molar-refractivity contribution in [1.29, 1.82) is 0 Å². The molecular formula is C11H12F4N2. The van der Waals surface area contributed by atoms with Gasteiger partial charge in [-0.05, 0) is 12.1 Å². The number of nitrogens with zero attached hydrogens (tertiary/aromatic N) is 1. The van der Waals surface area contributed by atoms with Gasteiger partial charge in [0.1, 0.15) is 11.4 Å². The smallest absolute Gasteiger partial charge is 0.368 e. The molecule has 0 amide bonds. The Bertz CT molecular complexity index is 397. The highest BCUT2D eigenvalue weighted by atomic mass is 19.4. The minimum atomic E-state index is -4.66. The van der Waals surface area contributed by atoms with Crippen LogP contribution in [0.15, 0.2) is 18.2 Å². The summed E-state index contributed by atoms with van der Waals surface area (Å²) in [5.41, 5.74) is -1.24. The molecule has 2 rings (SSSR count). The normalized spacial score (nSPS) is 17.3. The highest BCUT2D eigenvalue weighted by Crippen LogP contribution is 2.38. The van der Waals surface area contributed by atoms with Gasteiger partial charge < -0.3 is 10.2 Å². The Morgan fingerprint density at radius 3 is 2.35 bits per heavy atom. The van der Waals surface area contributed by atoms with E-state index >= 15 is 0 Å². The van der Waals surface area contributed by atoms with E-state index in [-0.39, 0.29) is 5.69 Å². The lowest BCUT2D eigenvalue weighted by molar-refractivity contribution is -0.139. The molecule has 94 valence electrons. The van der Waals surface area contributed by atoms with Crippen LogP contribution in [0.5, 0.6) is 0 Å². The van der Waals surface area contributed by atoms with Crippen molar-refractivity contribution in [3.63, 3.8) is 0 Å². The molecule has 1 saturated heterocycles. The Hall–Kier alpha value is -1.30. The van der Waals surface area contributed by atoms with Gasteiger partial charge in [0, 0.05) is 26.2 Å². The molecule has 17 heavy (non-hydrogen) atoms. The van der Waals surface area contributed by atoms with Gasteiger partial charge in [0.15, 0.2) is 0 Å². The van der Waals surface area contributed by atoms with Crippen LogP contribution in [0.4, 0.5) is 23.2 Å². The van der Waals surface area contributed by atoms with Crippen molar-refractivity contribution in [3.8, 4) is 0 Å². The monoisotopic (exact) mass is 248 g/mol. The van der Waals surface area contributed by atoms with E-state index in [0.717, 1.165) is 6.07 Å². The van der Waals surface area contributed by atoms with E-state index in [0.29, 0.717) is 26.2 Å². The van der Waals surface area contributed by atoms with Crippen LogP contribution in [0.3, 0.4) is 0 Å². The van der Waals surface area contributed by atoms with Crippen LogP contribution in [0.25, 0.3) is 0 Å². The molecule has 1 aromatic carbocycles. The highest BCUT2D eigenvalue weighted by molar-refractivity contribution is 5.56. The van der Waals surface area contributed by atoms with Crippen molar-refractivity contribution in [2.24, 2.45) is 0 Å². The number of rotatable bonds is 1. The van der Waals surface area contributed by atoms with Gasteiger partial charge in [-0.1, -0.05) is 6.07 Å². The van der Waals surface area contributed by atoms with E-state index in [2.05, 4.69) is 5.32 Å². The molecule has 0 unspecified atom stereocenters. The summed E-state index contributed by atoms with van der Waals surface area (Å²) in [5.74, 6) is -1.21. The van der Waals surface area contributed by atoms with Crippen LogP contribution in [0.2, 0.25) is 0 Å². The zero-order valence-corrected chi connectivity index (χ0v) is 9.02. The van der Waals surface area contributed by atoms with Crippen LogP contribution in [-0.2, 0) is 6.18 Å². The van der Waals surface area contributed by atoms with Gasteiger partial charge in [-0.25, -0.2) is 4.39 Å². The third kappa shape index (κ3) is 2.52. The zero-order valence-electron chi connectivity index (χ0n) is 9.02. The Balaban J connectivity index is 2.42. The largest absolute Gasteiger partial charge is 0.421 e. The zero-order chi connectivity index (χ0) is 12.5. The Morgan fingerprint density at radius 2 is 1.76 bits per heavy atom. The van der Waals surface area contributed by atoms with Crippen LogP contribution in [0, 0.1) is 5.82 Å². The Morgan fingerprint density at radius 1 is 1.12 bits per heavy atom. The molecule has 0 radical (unpaired) electrons. The maximum atomic E-state index is 13.3. The fourth-order valence-corrected chi connectivity index (χ4v) is 1.96. The molecule has 1 heterocycles. The first-order valence-corrected chi connectivity index (χ1v) is 5.31. The molecule has 1 N–H and O–H groups in total. The van der Waals surface area contributed by atoms with Gasteiger partial charge in [-0.3, -0.25) is 0 Å². The quantitative estimate of drug-likeness (QED) is 0.767. The number of benzene rings is 1. The predicted molar refractivity (Wildman–Crippen MR) is 56.5 cm³/mol. The van der Waals surface area contributed by atoms with Crippen LogP contribution in [-0.4, -0.2) is 26.2 Å². The molecule has 0 bridgehead atoms. The molecule has 0 saturated carbocycles. The fourth-order valence-electron chi connectivity index (χ4n) is 1.96. The first-order chi connectivity index (χ1) is 8.00. The number of piperazine rings is 1. The van der Waals surface area contributed by atoms with E-state index in [9.17, 15) is 17.6 Å². The topological polar surface area (TPSA) is 15.3 Å². The van der Waals surface area contributed by atoms with E-state index in [4.69, 9.17) is 0 Å². The Labute approximate surface area is 96.2 Å². The summed E-state index contributed by atoms with van der Waals surface area (Å²) >= 11 is 0. The van der Waals surface area contributed by atoms with Crippen LogP contribution in [0.1, 0.15) is 5.56 Å². The second kappa shape index (κ2) is 4.52. The average Bonchev–Trinajstić information content (AvgIpc) is 2.28. The van der Waals surface area contributed by atoms with Crippen molar-refractivity contribution >= 4 is 5.69 Å². The minimum Gasteiger partial charge on any atom is -0.368 e. The summed E-state index contributed by atoms with van der Waals surface area (Å²) in [6.07, 6.45) is -4.66. The molecule has 0 aliphatic carbocycles. The van der Waals surface area contributed by atoms with Gasteiger partial charge >= 0.3 is 6.18 Å². The molecule has 1 aliphatic rings. The van der Waals surface area contributed by atoms with Crippen molar-refractivity contribution in [3.05, 3.63) is 29.6 Å². The highest BCUT2D eigenvalue weighted by Gasteiger charge is 2.38. The lowest BCUT2D eigenvalue weighted by Gasteiger charge is -2.31.